The normalized spacial score (nSPS) is 34.5. The summed E-state index contributed by atoms with van der Waals surface area (Å²) in [5, 5.41) is 0. The second kappa shape index (κ2) is 11.8. The smallest absolute Gasteiger partial charge is 0.337 e. The Morgan fingerprint density at radius 1 is 1.03 bits per heavy atom. The van der Waals surface area contributed by atoms with Crippen molar-refractivity contribution in [2.75, 3.05) is 13.2 Å². The van der Waals surface area contributed by atoms with Gasteiger partial charge in [0.1, 0.15) is 19.3 Å². The average molecular weight is 519 g/mol. The van der Waals surface area contributed by atoms with Gasteiger partial charge in [-0.05, 0) is 49.4 Å². The molecule has 6 atom stereocenters. The third-order valence-corrected chi connectivity index (χ3v) is 8.80. The van der Waals surface area contributed by atoms with E-state index in [1.165, 1.54) is 0 Å². The van der Waals surface area contributed by atoms with Gasteiger partial charge in [-0.3, -0.25) is 14.4 Å². The van der Waals surface area contributed by atoms with Gasteiger partial charge in [-0.15, -0.1) is 0 Å². The van der Waals surface area contributed by atoms with E-state index in [1.807, 2.05) is 6.08 Å². The van der Waals surface area contributed by atoms with Gasteiger partial charge >= 0.3 is 23.9 Å². The lowest BCUT2D eigenvalue weighted by Gasteiger charge is -2.60. The van der Waals surface area contributed by atoms with Crippen molar-refractivity contribution in [3.63, 3.8) is 0 Å². The molecule has 206 valence electrons. The monoisotopic (exact) mass is 518 g/mol. The van der Waals surface area contributed by atoms with E-state index in [0.29, 0.717) is 18.4 Å². The molecule has 3 fully saturated rings. The van der Waals surface area contributed by atoms with Crippen molar-refractivity contribution in [3.05, 3.63) is 23.8 Å². The van der Waals surface area contributed by atoms with Crippen LogP contribution in [0.25, 0.3) is 0 Å². The molecule has 2 aliphatic carbocycles. The van der Waals surface area contributed by atoms with Crippen LogP contribution in [0.3, 0.4) is 0 Å². The van der Waals surface area contributed by atoms with Crippen molar-refractivity contribution in [3.8, 4) is 0 Å². The molecule has 37 heavy (non-hydrogen) atoms. The van der Waals surface area contributed by atoms with Crippen molar-refractivity contribution in [2.24, 2.45) is 22.7 Å². The van der Waals surface area contributed by atoms with Crippen LogP contribution < -0.4 is 0 Å². The van der Waals surface area contributed by atoms with Crippen LogP contribution in [0, 0.1) is 22.7 Å². The fourth-order valence-corrected chi connectivity index (χ4v) is 6.63. The zero-order chi connectivity index (χ0) is 27.4. The lowest BCUT2D eigenvalue weighted by Crippen LogP contribution is -2.58. The molecule has 2 saturated carbocycles. The summed E-state index contributed by atoms with van der Waals surface area (Å²) in [6, 6.07) is 0. The van der Waals surface area contributed by atoms with E-state index in [9.17, 15) is 19.2 Å². The molecule has 0 aromatic heterocycles. The average Bonchev–Trinajstić information content (AvgIpc) is 3.22. The topological polar surface area (TPSA) is 105 Å². The van der Waals surface area contributed by atoms with Crippen LogP contribution in [-0.2, 0) is 38.1 Å². The Hall–Kier alpha value is -2.64. The summed E-state index contributed by atoms with van der Waals surface area (Å²) >= 11 is 0. The van der Waals surface area contributed by atoms with Gasteiger partial charge in [-0.25, -0.2) is 4.79 Å². The number of carbonyl (C=O) groups is 4. The molecule has 0 aromatic carbocycles. The summed E-state index contributed by atoms with van der Waals surface area (Å²) in [6.07, 6.45) is 5.26. The Morgan fingerprint density at radius 3 is 2.32 bits per heavy atom. The predicted molar refractivity (Wildman–Crippen MR) is 136 cm³/mol. The van der Waals surface area contributed by atoms with Crippen LogP contribution in [-0.4, -0.2) is 49.3 Å². The van der Waals surface area contributed by atoms with Crippen LogP contribution in [0.1, 0.15) is 86.0 Å². The van der Waals surface area contributed by atoms with Crippen LogP contribution in [0.5, 0.6) is 0 Å². The number of hydrogen-bond donors (Lipinski definition) is 0. The summed E-state index contributed by atoms with van der Waals surface area (Å²) < 4.78 is 22.2. The lowest BCUT2D eigenvalue weighted by atomic mass is 9.46. The number of cyclic esters (lactones) is 1. The Kier molecular flexibility index (Phi) is 9.24. The van der Waals surface area contributed by atoms with Gasteiger partial charge in [0.25, 0.3) is 0 Å². The maximum absolute atomic E-state index is 12.4. The number of ether oxygens (including phenoxy) is 4. The summed E-state index contributed by atoms with van der Waals surface area (Å²) in [5.41, 5.74) is 0.722. The van der Waals surface area contributed by atoms with Crippen molar-refractivity contribution in [2.45, 2.75) is 98.2 Å². The summed E-state index contributed by atoms with van der Waals surface area (Å²) in [6.45, 7) is 14.2. The van der Waals surface area contributed by atoms with Crippen molar-refractivity contribution in [1.29, 1.82) is 0 Å². The van der Waals surface area contributed by atoms with E-state index in [2.05, 4.69) is 20.4 Å². The van der Waals surface area contributed by atoms with Gasteiger partial charge in [0.2, 0.25) is 0 Å². The second-order valence-corrected chi connectivity index (χ2v) is 11.0. The van der Waals surface area contributed by atoms with Gasteiger partial charge in [0, 0.05) is 24.7 Å². The molecule has 0 bridgehead atoms. The molecular weight excluding hydrogens is 476 g/mol. The molecule has 0 radical (unpaired) electrons. The SMILES string of the molecule is C=C1CCC2C(C)(COC(=O)CC)C(OC(=O)CC)CCC2(C)C1C/C=C1/C(=O)OCC1OC(=O)CC. The third kappa shape index (κ3) is 5.93. The highest BCUT2D eigenvalue weighted by Crippen LogP contribution is 2.62. The zero-order valence-corrected chi connectivity index (χ0v) is 22.9. The first-order chi connectivity index (χ1) is 17.5. The van der Waals surface area contributed by atoms with Crippen molar-refractivity contribution in [1.82, 2.24) is 0 Å². The van der Waals surface area contributed by atoms with Gasteiger partial charge in [0.15, 0.2) is 6.10 Å². The minimum absolute atomic E-state index is 0.0350. The standard InChI is InChI=1S/C29H42O8/c1-7-24(30)35-17-29(6)22-13-10-18(4)20(28(22,5)15-14-23(29)37-26(32)9-3)12-11-19-21(16-34-27(19)33)36-25(31)8-2/h11,20-23H,4,7-10,12-17H2,1-3,5-6H3/b19-11+. The highest BCUT2D eigenvalue weighted by molar-refractivity contribution is 5.92. The molecule has 0 N–H and O–H groups in total. The third-order valence-electron chi connectivity index (χ3n) is 8.80. The number of allylic oxidation sites excluding steroid dienone is 2. The van der Waals surface area contributed by atoms with Crippen molar-refractivity contribution < 1.29 is 38.1 Å². The maximum atomic E-state index is 12.4. The number of fused-ring (bicyclic) bond motifs is 1. The van der Waals surface area contributed by atoms with Gasteiger partial charge in [-0.1, -0.05) is 52.8 Å². The first-order valence-electron chi connectivity index (χ1n) is 13.6. The molecule has 8 heteroatoms. The first-order valence-corrected chi connectivity index (χ1v) is 13.6. The molecule has 1 aliphatic heterocycles. The summed E-state index contributed by atoms with van der Waals surface area (Å²) in [7, 11) is 0. The highest BCUT2D eigenvalue weighted by Gasteiger charge is 2.59. The fraction of sp³-hybridized carbons (Fsp3) is 0.724. The lowest BCUT2D eigenvalue weighted by molar-refractivity contribution is -0.193. The molecule has 6 unspecified atom stereocenters. The minimum Gasteiger partial charge on any atom is -0.465 e. The van der Waals surface area contributed by atoms with Crippen molar-refractivity contribution >= 4 is 23.9 Å². The van der Waals surface area contributed by atoms with E-state index >= 15 is 0 Å². The Bertz CT molecular complexity index is 952. The molecule has 3 aliphatic rings. The number of carbonyl (C=O) groups excluding carboxylic acids is 4. The van der Waals surface area contributed by atoms with Gasteiger partial charge in [-0.2, -0.15) is 0 Å². The minimum atomic E-state index is -0.691. The van der Waals surface area contributed by atoms with E-state index in [-0.39, 0.29) is 73.7 Å². The first kappa shape index (κ1) is 28.9. The second-order valence-electron chi connectivity index (χ2n) is 11.0. The largest absolute Gasteiger partial charge is 0.465 e. The molecule has 1 heterocycles. The van der Waals surface area contributed by atoms with Gasteiger partial charge in [0.05, 0.1) is 5.57 Å². The molecule has 1 saturated heterocycles. The number of esters is 4. The maximum Gasteiger partial charge on any atom is 0.337 e. The van der Waals surface area contributed by atoms with Crippen LogP contribution in [0.4, 0.5) is 0 Å². The Morgan fingerprint density at radius 2 is 1.68 bits per heavy atom. The van der Waals surface area contributed by atoms with Gasteiger partial charge < -0.3 is 18.9 Å². The van der Waals surface area contributed by atoms with Crippen LogP contribution >= 0.6 is 0 Å². The Labute approximate surface area is 220 Å². The predicted octanol–water partition coefficient (Wildman–Crippen LogP) is 4.85. The molecule has 0 spiro atoms. The number of rotatable bonds is 9. The molecular formula is C29H42O8. The molecule has 3 rings (SSSR count). The zero-order valence-electron chi connectivity index (χ0n) is 22.9. The van der Waals surface area contributed by atoms with E-state index < -0.39 is 17.5 Å². The number of hydrogen-bond acceptors (Lipinski definition) is 8. The van der Waals surface area contributed by atoms with Crippen LogP contribution in [0.15, 0.2) is 23.8 Å². The summed E-state index contributed by atoms with van der Waals surface area (Å²) in [4.78, 5) is 48.7. The highest BCUT2D eigenvalue weighted by atomic mass is 16.6. The van der Waals surface area contributed by atoms with Crippen LogP contribution in [0.2, 0.25) is 0 Å². The Balaban J connectivity index is 1.90. The molecule has 0 aromatic rings. The summed E-state index contributed by atoms with van der Waals surface area (Å²) in [5.74, 6) is -1.20. The van der Waals surface area contributed by atoms with E-state index in [0.717, 1.165) is 24.8 Å². The fourth-order valence-electron chi connectivity index (χ4n) is 6.63. The van der Waals surface area contributed by atoms with E-state index in [1.54, 1.807) is 20.8 Å². The van der Waals surface area contributed by atoms with E-state index in [4.69, 9.17) is 18.9 Å². The quantitative estimate of drug-likeness (QED) is 0.185. The molecule has 0 amide bonds. The molecule has 8 nitrogen and oxygen atoms in total.